The molecule has 100 valence electrons. The number of benzene rings is 2. The third-order valence-electron chi connectivity index (χ3n) is 3.15. The smallest absolute Gasteiger partial charge is 0.0715 e. The molecule has 0 spiro atoms. The van der Waals surface area contributed by atoms with E-state index in [0.29, 0.717) is 5.02 Å². The van der Waals surface area contributed by atoms with Crippen LogP contribution < -0.4 is 0 Å². The molecule has 0 aliphatic carbocycles. The Morgan fingerprint density at radius 1 is 1.05 bits per heavy atom. The van der Waals surface area contributed by atoms with Crippen molar-refractivity contribution < 1.29 is 5.11 Å². The minimum absolute atomic E-state index is 0.0486. The Hall–Kier alpha value is -2.10. The second-order valence-corrected chi connectivity index (χ2v) is 4.91. The van der Waals surface area contributed by atoms with Gasteiger partial charge in [-0.25, -0.2) is 4.68 Å². The molecular formula is C16H13ClN2O. The summed E-state index contributed by atoms with van der Waals surface area (Å²) in [5.41, 5.74) is 3.71. The molecule has 1 heterocycles. The summed E-state index contributed by atoms with van der Waals surface area (Å²) in [5, 5.41) is 14.4. The van der Waals surface area contributed by atoms with E-state index in [9.17, 15) is 5.11 Å². The van der Waals surface area contributed by atoms with Crippen molar-refractivity contribution in [2.45, 2.75) is 6.61 Å². The molecule has 3 nitrogen and oxygen atoms in total. The van der Waals surface area contributed by atoms with Gasteiger partial charge in [0.15, 0.2) is 0 Å². The molecule has 0 radical (unpaired) electrons. The average molecular weight is 285 g/mol. The van der Waals surface area contributed by atoms with E-state index >= 15 is 0 Å². The third-order valence-corrected chi connectivity index (χ3v) is 3.39. The van der Waals surface area contributed by atoms with Crippen LogP contribution in [0.15, 0.2) is 60.9 Å². The zero-order valence-electron chi connectivity index (χ0n) is 10.7. The second kappa shape index (κ2) is 5.49. The Kier molecular flexibility index (Phi) is 3.54. The van der Waals surface area contributed by atoms with Gasteiger partial charge in [-0.05, 0) is 17.7 Å². The topological polar surface area (TPSA) is 38.0 Å². The highest BCUT2D eigenvalue weighted by atomic mass is 35.5. The molecule has 4 heteroatoms. The van der Waals surface area contributed by atoms with Crippen molar-refractivity contribution in [2.75, 3.05) is 0 Å². The molecule has 1 aromatic heterocycles. The summed E-state index contributed by atoms with van der Waals surface area (Å²) in [4.78, 5) is 0. The molecule has 0 unspecified atom stereocenters. The van der Waals surface area contributed by atoms with Gasteiger partial charge < -0.3 is 5.11 Å². The summed E-state index contributed by atoms with van der Waals surface area (Å²) in [5.74, 6) is 0. The Labute approximate surface area is 122 Å². The standard InChI is InChI=1S/C16H13ClN2O/c17-15-7-6-13(11-20)16(8-15)19-10-14(9-18-19)12-4-2-1-3-5-12/h1-10,20H,11H2. The van der Waals surface area contributed by atoms with E-state index in [1.165, 1.54) is 0 Å². The Bertz CT molecular complexity index is 722. The maximum Gasteiger partial charge on any atom is 0.0715 e. The first-order chi connectivity index (χ1) is 9.78. The van der Waals surface area contributed by atoms with Gasteiger partial charge in [0, 0.05) is 22.3 Å². The van der Waals surface area contributed by atoms with Crippen LogP contribution in [0.1, 0.15) is 5.56 Å². The Morgan fingerprint density at radius 2 is 1.85 bits per heavy atom. The molecule has 0 aliphatic heterocycles. The van der Waals surface area contributed by atoms with Crippen molar-refractivity contribution in [3.63, 3.8) is 0 Å². The van der Waals surface area contributed by atoms with Crippen LogP contribution in [0.3, 0.4) is 0 Å². The van der Waals surface area contributed by atoms with E-state index in [1.54, 1.807) is 23.0 Å². The van der Waals surface area contributed by atoms with Gasteiger partial charge in [0.25, 0.3) is 0 Å². The summed E-state index contributed by atoms with van der Waals surface area (Å²) in [6, 6.07) is 15.4. The second-order valence-electron chi connectivity index (χ2n) is 4.47. The van der Waals surface area contributed by atoms with Gasteiger partial charge in [0.05, 0.1) is 18.5 Å². The van der Waals surface area contributed by atoms with Crippen molar-refractivity contribution in [2.24, 2.45) is 0 Å². The summed E-state index contributed by atoms with van der Waals surface area (Å²) < 4.78 is 1.74. The van der Waals surface area contributed by atoms with Gasteiger partial charge in [-0.2, -0.15) is 5.10 Å². The van der Waals surface area contributed by atoms with Crippen LogP contribution in [0, 0.1) is 0 Å². The zero-order valence-corrected chi connectivity index (χ0v) is 11.5. The molecule has 20 heavy (non-hydrogen) atoms. The maximum absolute atomic E-state index is 9.41. The Morgan fingerprint density at radius 3 is 2.60 bits per heavy atom. The first-order valence-electron chi connectivity index (χ1n) is 6.27. The molecule has 3 rings (SSSR count). The lowest BCUT2D eigenvalue weighted by atomic mass is 10.1. The minimum atomic E-state index is -0.0486. The van der Waals surface area contributed by atoms with Gasteiger partial charge >= 0.3 is 0 Å². The molecule has 2 aromatic carbocycles. The largest absolute Gasteiger partial charge is 0.392 e. The summed E-state index contributed by atoms with van der Waals surface area (Å²) in [6.45, 7) is -0.0486. The van der Waals surface area contributed by atoms with Crippen LogP contribution in [-0.2, 0) is 6.61 Å². The van der Waals surface area contributed by atoms with Crippen molar-refractivity contribution in [1.29, 1.82) is 0 Å². The monoisotopic (exact) mass is 284 g/mol. The van der Waals surface area contributed by atoms with Crippen LogP contribution in [-0.4, -0.2) is 14.9 Å². The fourth-order valence-corrected chi connectivity index (χ4v) is 2.28. The highest BCUT2D eigenvalue weighted by Crippen LogP contribution is 2.23. The SMILES string of the molecule is OCc1ccc(Cl)cc1-n1cc(-c2ccccc2)cn1. The van der Waals surface area contributed by atoms with Crippen molar-refractivity contribution in [3.05, 3.63) is 71.5 Å². The number of hydrogen-bond acceptors (Lipinski definition) is 2. The number of rotatable bonds is 3. The highest BCUT2D eigenvalue weighted by Gasteiger charge is 2.08. The van der Waals surface area contributed by atoms with Gasteiger partial charge in [-0.1, -0.05) is 48.0 Å². The predicted molar refractivity (Wildman–Crippen MR) is 79.9 cm³/mol. The van der Waals surface area contributed by atoms with Crippen LogP contribution in [0.25, 0.3) is 16.8 Å². The van der Waals surface area contributed by atoms with E-state index in [2.05, 4.69) is 5.10 Å². The highest BCUT2D eigenvalue weighted by molar-refractivity contribution is 6.30. The van der Waals surface area contributed by atoms with Crippen LogP contribution >= 0.6 is 11.6 Å². The van der Waals surface area contributed by atoms with Crippen molar-refractivity contribution in [3.8, 4) is 16.8 Å². The van der Waals surface area contributed by atoms with E-state index < -0.39 is 0 Å². The molecule has 0 saturated carbocycles. The van der Waals surface area contributed by atoms with E-state index in [1.807, 2.05) is 42.6 Å². The minimum Gasteiger partial charge on any atom is -0.392 e. The van der Waals surface area contributed by atoms with E-state index in [4.69, 9.17) is 11.6 Å². The van der Waals surface area contributed by atoms with Gasteiger partial charge in [0.1, 0.15) is 0 Å². The molecule has 0 fully saturated rings. The lowest BCUT2D eigenvalue weighted by molar-refractivity contribution is 0.281. The van der Waals surface area contributed by atoms with Crippen molar-refractivity contribution in [1.82, 2.24) is 9.78 Å². The summed E-state index contributed by atoms with van der Waals surface area (Å²) >= 11 is 6.02. The summed E-state index contributed by atoms with van der Waals surface area (Å²) in [7, 11) is 0. The lowest BCUT2D eigenvalue weighted by Gasteiger charge is -2.07. The normalized spacial score (nSPS) is 10.7. The average Bonchev–Trinajstić information content (AvgIpc) is 2.98. The van der Waals surface area contributed by atoms with Gasteiger partial charge in [-0.15, -0.1) is 0 Å². The molecule has 0 bridgehead atoms. The number of aromatic nitrogens is 2. The first-order valence-corrected chi connectivity index (χ1v) is 6.65. The van der Waals surface area contributed by atoms with E-state index in [-0.39, 0.29) is 6.61 Å². The molecule has 0 aliphatic rings. The number of nitrogens with zero attached hydrogens (tertiary/aromatic N) is 2. The van der Waals surface area contributed by atoms with E-state index in [0.717, 1.165) is 22.4 Å². The van der Waals surface area contributed by atoms with Crippen LogP contribution in [0.2, 0.25) is 5.02 Å². The molecule has 3 aromatic rings. The Balaban J connectivity index is 2.04. The molecular weight excluding hydrogens is 272 g/mol. The number of halogens is 1. The summed E-state index contributed by atoms with van der Waals surface area (Å²) in [6.07, 6.45) is 3.73. The van der Waals surface area contributed by atoms with Gasteiger partial charge in [0.2, 0.25) is 0 Å². The third kappa shape index (κ3) is 2.46. The molecule has 0 amide bonds. The predicted octanol–water partition coefficient (Wildman–Crippen LogP) is 3.69. The van der Waals surface area contributed by atoms with Crippen molar-refractivity contribution >= 4 is 11.6 Å². The maximum atomic E-state index is 9.41. The first kappa shape index (κ1) is 12.9. The molecule has 0 saturated heterocycles. The molecule has 0 atom stereocenters. The van der Waals surface area contributed by atoms with Crippen LogP contribution in [0.4, 0.5) is 0 Å². The number of hydrogen-bond donors (Lipinski definition) is 1. The quantitative estimate of drug-likeness (QED) is 0.797. The molecule has 1 N–H and O–H groups in total. The number of aliphatic hydroxyl groups excluding tert-OH is 1. The fraction of sp³-hybridized carbons (Fsp3) is 0.0625. The fourth-order valence-electron chi connectivity index (χ4n) is 2.12. The lowest BCUT2D eigenvalue weighted by Crippen LogP contribution is -2.00. The van der Waals surface area contributed by atoms with Gasteiger partial charge in [-0.3, -0.25) is 0 Å². The van der Waals surface area contributed by atoms with Crippen LogP contribution in [0.5, 0.6) is 0 Å². The number of aliphatic hydroxyl groups is 1. The zero-order chi connectivity index (χ0) is 13.9.